The molecular formula is C22H18O2. The lowest BCUT2D eigenvalue weighted by atomic mass is 9.90. The fourth-order valence-corrected chi connectivity index (χ4v) is 2.68. The molecule has 0 atom stereocenters. The van der Waals surface area contributed by atoms with Gasteiger partial charge in [0.25, 0.3) is 0 Å². The zero-order valence-corrected chi connectivity index (χ0v) is 13.7. The first-order valence-corrected chi connectivity index (χ1v) is 7.88. The first-order chi connectivity index (χ1) is 11.6. The zero-order valence-electron chi connectivity index (χ0n) is 13.7. The summed E-state index contributed by atoms with van der Waals surface area (Å²) in [5.41, 5.74) is 4.08. The van der Waals surface area contributed by atoms with Gasteiger partial charge in [0, 0.05) is 22.3 Å². The molecule has 0 N–H and O–H groups in total. The molecule has 0 unspecified atom stereocenters. The van der Waals surface area contributed by atoms with E-state index >= 15 is 0 Å². The highest BCUT2D eigenvalue weighted by molar-refractivity contribution is 6.19. The Bertz CT molecular complexity index is 818. The van der Waals surface area contributed by atoms with E-state index in [-0.39, 0.29) is 11.6 Å². The van der Waals surface area contributed by atoms with Gasteiger partial charge in [0.15, 0.2) is 11.6 Å². The van der Waals surface area contributed by atoms with Gasteiger partial charge >= 0.3 is 0 Å². The van der Waals surface area contributed by atoms with Crippen molar-refractivity contribution in [3.8, 4) is 0 Å². The van der Waals surface area contributed by atoms with Crippen LogP contribution in [0.2, 0.25) is 0 Å². The Labute approximate surface area is 141 Å². The van der Waals surface area contributed by atoms with Crippen LogP contribution in [-0.4, -0.2) is 11.6 Å². The van der Waals surface area contributed by atoms with Crippen molar-refractivity contribution < 1.29 is 9.59 Å². The van der Waals surface area contributed by atoms with Gasteiger partial charge < -0.3 is 0 Å². The average Bonchev–Trinajstić information content (AvgIpc) is 2.64. The fourth-order valence-electron chi connectivity index (χ4n) is 2.68. The molecule has 0 spiro atoms. The lowest BCUT2D eigenvalue weighted by Crippen LogP contribution is -2.12. The average molecular weight is 314 g/mol. The normalized spacial score (nSPS) is 10.4. The van der Waals surface area contributed by atoms with Crippen LogP contribution in [0.1, 0.15) is 43.0 Å². The minimum Gasteiger partial charge on any atom is -0.289 e. The van der Waals surface area contributed by atoms with Crippen molar-refractivity contribution in [2.45, 2.75) is 13.8 Å². The van der Waals surface area contributed by atoms with Crippen LogP contribution in [0.3, 0.4) is 0 Å². The van der Waals surface area contributed by atoms with Crippen LogP contribution >= 0.6 is 0 Å². The van der Waals surface area contributed by atoms with E-state index in [2.05, 4.69) is 0 Å². The number of rotatable bonds is 4. The van der Waals surface area contributed by atoms with Gasteiger partial charge in [-0.25, -0.2) is 0 Å². The Kier molecular flexibility index (Phi) is 4.39. The van der Waals surface area contributed by atoms with Crippen LogP contribution in [0, 0.1) is 13.8 Å². The molecule has 0 radical (unpaired) electrons. The lowest BCUT2D eigenvalue weighted by molar-refractivity contribution is 0.100. The molecular weight excluding hydrogens is 296 g/mol. The maximum atomic E-state index is 12.9. The quantitative estimate of drug-likeness (QED) is 0.650. The summed E-state index contributed by atoms with van der Waals surface area (Å²) < 4.78 is 0. The summed E-state index contributed by atoms with van der Waals surface area (Å²) in [4.78, 5) is 25.8. The molecule has 0 aliphatic carbocycles. The largest absolute Gasteiger partial charge is 0.289 e. The van der Waals surface area contributed by atoms with Crippen molar-refractivity contribution >= 4 is 11.6 Å². The standard InChI is InChI=1S/C22H18O2/c1-15-13-19(21(23)17-9-5-3-6-10-17)20(14-16(15)2)22(24)18-11-7-4-8-12-18/h3-14H,1-2H3. The van der Waals surface area contributed by atoms with Crippen LogP contribution < -0.4 is 0 Å². The second-order valence-corrected chi connectivity index (χ2v) is 5.87. The second kappa shape index (κ2) is 6.63. The van der Waals surface area contributed by atoms with Crippen molar-refractivity contribution in [1.29, 1.82) is 0 Å². The zero-order chi connectivity index (χ0) is 17.1. The van der Waals surface area contributed by atoms with Gasteiger partial charge in [0.2, 0.25) is 0 Å². The third-order valence-corrected chi connectivity index (χ3v) is 4.20. The van der Waals surface area contributed by atoms with E-state index in [0.29, 0.717) is 22.3 Å². The van der Waals surface area contributed by atoms with E-state index in [0.717, 1.165) is 11.1 Å². The minimum absolute atomic E-state index is 0.127. The SMILES string of the molecule is Cc1cc(C(=O)c2ccccc2)c(C(=O)c2ccccc2)cc1C. The van der Waals surface area contributed by atoms with Gasteiger partial charge in [0.05, 0.1) is 0 Å². The molecule has 24 heavy (non-hydrogen) atoms. The predicted molar refractivity (Wildman–Crippen MR) is 95.7 cm³/mol. The van der Waals surface area contributed by atoms with Gasteiger partial charge in [-0.15, -0.1) is 0 Å². The molecule has 2 nitrogen and oxygen atoms in total. The molecule has 3 aromatic rings. The Morgan fingerprint density at radius 1 is 0.583 bits per heavy atom. The maximum Gasteiger partial charge on any atom is 0.193 e. The van der Waals surface area contributed by atoms with Gasteiger partial charge in [0.1, 0.15) is 0 Å². The van der Waals surface area contributed by atoms with Gasteiger partial charge in [-0.05, 0) is 37.1 Å². The molecule has 118 valence electrons. The first kappa shape index (κ1) is 15.9. The fraction of sp³-hybridized carbons (Fsp3) is 0.0909. The third kappa shape index (κ3) is 3.04. The smallest absolute Gasteiger partial charge is 0.193 e. The Hall–Kier alpha value is -3.00. The highest BCUT2D eigenvalue weighted by atomic mass is 16.1. The Morgan fingerprint density at radius 2 is 0.917 bits per heavy atom. The molecule has 0 heterocycles. The van der Waals surface area contributed by atoms with Crippen molar-refractivity contribution in [2.24, 2.45) is 0 Å². The number of benzene rings is 3. The molecule has 3 aromatic carbocycles. The summed E-state index contributed by atoms with van der Waals surface area (Å²) >= 11 is 0. The molecule has 0 fully saturated rings. The maximum absolute atomic E-state index is 12.9. The van der Waals surface area contributed by atoms with E-state index in [4.69, 9.17) is 0 Å². The molecule has 0 aromatic heterocycles. The second-order valence-electron chi connectivity index (χ2n) is 5.87. The number of hydrogen-bond acceptors (Lipinski definition) is 2. The molecule has 2 heteroatoms. The Balaban J connectivity index is 2.14. The van der Waals surface area contributed by atoms with Crippen LogP contribution in [-0.2, 0) is 0 Å². The Morgan fingerprint density at radius 3 is 1.25 bits per heavy atom. The summed E-state index contributed by atoms with van der Waals surface area (Å²) in [7, 11) is 0. The van der Waals surface area contributed by atoms with Crippen LogP contribution in [0.4, 0.5) is 0 Å². The van der Waals surface area contributed by atoms with Gasteiger partial charge in [-0.2, -0.15) is 0 Å². The van der Waals surface area contributed by atoms with E-state index < -0.39 is 0 Å². The summed E-state index contributed by atoms with van der Waals surface area (Å²) in [6.07, 6.45) is 0. The van der Waals surface area contributed by atoms with E-state index in [1.807, 2.05) is 62.4 Å². The van der Waals surface area contributed by atoms with Crippen molar-refractivity contribution in [3.05, 3.63) is 106 Å². The summed E-state index contributed by atoms with van der Waals surface area (Å²) in [6.45, 7) is 3.90. The molecule has 0 aliphatic rings. The third-order valence-electron chi connectivity index (χ3n) is 4.20. The molecule has 0 saturated carbocycles. The predicted octanol–water partition coefficient (Wildman–Crippen LogP) is 4.77. The molecule has 0 aliphatic heterocycles. The van der Waals surface area contributed by atoms with Crippen molar-refractivity contribution in [2.75, 3.05) is 0 Å². The number of ketones is 2. The van der Waals surface area contributed by atoms with Crippen LogP contribution in [0.25, 0.3) is 0 Å². The summed E-state index contributed by atoms with van der Waals surface area (Å²) in [5.74, 6) is -0.254. The van der Waals surface area contributed by atoms with Crippen molar-refractivity contribution in [3.63, 3.8) is 0 Å². The lowest BCUT2D eigenvalue weighted by Gasteiger charge is -2.12. The highest BCUT2D eigenvalue weighted by Crippen LogP contribution is 2.22. The van der Waals surface area contributed by atoms with Crippen LogP contribution in [0.5, 0.6) is 0 Å². The minimum atomic E-state index is -0.127. The monoisotopic (exact) mass is 314 g/mol. The molecule has 0 bridgehead atoms. The number of aryl methyl sites for hydroxylation is 2. The molecule has 3 rings (SSSR count). The van der Waals surface area contributed by atoms with Crippen LogP contribution in [0.15, 0.2) is 72.8 Å². The van der Waals surface area contributed by atoms with Gasteiger partial charge in [-0.1, -0.05) is 60.7 Å². The van der Waals surface area contributed by atoms with Gasteiger partial charge in [-0.3, -0.25) is 9.59 Å². The molecule has 0 amide bonds. The van der Waals surface area contributed by atoms with E-state index in [1.165, 1.54) is 0 Å². The molecule has 0 saturated heterocycles. The summed E-state index contributed by atoms with van der Waals surface area (Å²) in [5, 5.41) is 0. The van der Waals surface area contributed by atoms with E-state index in [9.17, 15) is 9.59 Å². The topological polar surface area (TPSA) is 34.1 Å². The number of hydrogen-bond donors (Lipinski definition) is 0. The van der Waals surface area contributed by atoms with Crippen molar-refractivity contribution in [1.82, 2.24) is 0 Å². The highest BCUT2D eigenvalue weighted by Gasteiger charge is 2.20. The first-order valence-electron chi connectivity index (χ1n) is 7.88. The van der Waals surface area contributed by atoms with E-state index in [1.54, 1.807) is 24.3 Å². The number of carbonyl (C=O) groups is 2. The summed E-state index contributed by atoms with van der Waals surface area (Å²) in [6, 6.07) is 21.8. The number of carbonyl (C=O) groups excluding carboxylic acids is 2.